The van der Waals surface area contributed by atoms with E-state index in [1.54, 1.807) is 0 Å². The maximum absolute atomic E-state index is 11.0. The molecule has 1 unspecified atom stereocenters. The van der Waals surface area contributed by atoms with Gasteiger partial charge in [0.2, 0.25) is 0 Å². The molecule has 2 heteroatoms. The highest BCUT2D eigenvalue weighted by Crippen LogP contribution is 2.26. The maximum Gasteiger partial charge on any atom is 0.150 e. The van der Waals surface area contributed by atoms with Gasteiger partial charge >= 0.3 is 0 Å². The summed E-state index contributed by atoms with van der Waals surface area (Å²) in [5.74, 6) is 0.824. The van der Waals surface area contributed by atoms with E-state index in [9.17, 15) is 4.79 Å². The van der Waals surface area contributed by atoms with Gasteiger partial charge in [-0.3, -0.25) is 4.79 Å². The van der Waals surface area contributed by atoms with E-state index in [0.717, 1.165) is 24.0 Å². The van der Waals surface area contributed by atoms with Crippen molar-refractivity contribution in [2.75, 3.05) is 0 Å². The summed E-state index contributed by atoms with van der Waals surface area (Å²) in [6.07, 6.45) is 1.61. The lowest BCUT2D eigenvalue weighted by atomic mass is 10.0. The number of hydrogen-bond acceptors (Lipinski definition) is 2. The number of hydrogen-bond donors (Lipinski definition) is 0. The second-order valence-electron chi connectivity index (χ2n) is 4.07. The number of benzene rings is 2. The Morgan fingerprint density at radius 2 is 1.72 bits per heavy atom. The Morgan fingerprint density at radius 3 is 2.39 bits per heavy atom. The van der Waals surface area contributed by atoms with E-state index in [4.69, 9.17) is 4.74 Å². The first-order valence-electron chi connectivity index (χ1n) is 6.11. The Morgan fingerprint density at radius 1 is 1.06 bits per heavy atom. The fraction of sp³-hybridized carbons (Fsp3) is 0.188. The van der Waals surface area contributed by atoms with E-state index in [1.165, 1.54) is 0 Å². The molecule has 0 aliphatic heterocycles. The molecule has 0 aliphatic carbocycles. The summed E-state index contributed by atoms with van der Waals surface area (Å²) in [6.45, 7) is 2.05. The van der Waals surface area contributed by atoms with E-state index in [2.05, 4.69) is 6.92 Å². The Balaban J connectivity index is 2.26. The van der Waals surface area contributed by atoms with Crippen molar-refractivity contribution in [2.24, 2.45) is 0 Å². The third-order valence-corrected chi connectivity index (χ3v) is 2.86. The van der Waals surface area contributed by atoms with Gasteiger partial charge in [0.15, 0.2) is 0 Å². The quantitative estimate of drug-likeness (QED) is 0.737. The van der Waals surface area contributed by atoms with Gasteiger partial charge in [-0.05, 0) is 18.6 Å². The molecule has 0 saturated carbocycles. The van der Waals surface area contributed by atoms with Crippen molar-refractivity contribution in [3.05, 3.63) is 65.7 Å². The van der Waals surface area contributed by atoms with Crippen molar-refractivity contribution in [2.45, 2.75) is 19.4 Å². The average molecular weight is 240 g/mol. The molecule has 0 heterocycles. The zero-order valence-electron chi connectivity index (χ0n) is 10.4. The van der Waals surface area contributed by atoms with Crippen LogP contribution < -0.4 is 4.74 Å². The van der Waals surface area contributed by atoms with Crippen LogP contribution in [0.15, 0.2) is 54.6 Å². The minimum Gasteiger partial charge on any atom is -0.486 e. The van der Waals surface area contributed by atoms with Crippen LogP contribution in [0.1, 0.15) is 35.4 Å². The molecule has 92 valence electrons. The van der Waals surface area contributed by atoms with Crippen LogP contribution in [-0.4, -0.2) is 6.29 Å². The second kappa shape index (κ2) is 6.01. The lowest BCUT2D eigenvalue weighted by Gasteiger charge is -2.19. The summed E-state index contributed by atoms with van der Waals surface area (Å²) in [7, 11) is 0. The largest absolute Gasteiger partial charge is 0.486 e. The Labute approximate surface area is 107 Å². The van der Waals surface area contributed by atoms with Crippen molar-refractivity contribution in [1.82, 2.24) is 0 Å². The highest BCUT2D eigenvalue weighted by Gasteiger charge is 2.14. The van der Waals surface area contributed by atoms with Crippen molar-refractivity contribution in [1.29, 1.82) is 0 Å². The highest BCUT2D eigenvalue weighted by molar-refractivity contribution is 5.77. The number of aldehydes is 1. The number of carbonyl (C=O) groups excluding carboxylic acids is 1. The van der Waals surface area contributed by atoms with Crippen molar-refractivity contribution in [3.8, 4) is 5.75 Å². The zero-order valence-corrected chi connectivity index (χ0v) is 10.4. The molecular formula is C16H16O2. The zero-order chi connectivity index (χ0) is 12.8. The molecule has 0 saturated heterocycles. The fourth-order valence-corrected chi connectivity index (χ4v) is 1.94. The molecule has 0 aromatic heterocycles. The smallest absolute Gasteiger partial charge is 0.150 e. The normalized spacial score (nSPS) is 11.8. The van der Waals surface area contributed by atoms with Gasteiger partial charge in [-0.2, -0.15) is 0 Å². The standard InChI is InChI=1S/C16H16O2/c1-2-16(18-14-9-4-3-5-10-14)15-11-7-6-8-13(15)12-17/h3-12,16H,2H2,1H3. The molecule has 0 N–H and O–H groups in total. The SMILES string of the molecule is CCC(Oc1ccccc1)c1ccccc1C=O. The topological polar surface area (TPSA) is 26.3 Å². The minimum absolute atomic E-state index is 0.0891. The highest BCUT2D eigenvalue weighted by atomic mass is 16.5. The van der Waals surface area contributed by atoms with E-state index in [-0.39, 0.29) is 6.10 Å². The van der Waals surface area contributed by atoms with E-state index >= 15 is 0 Å². The van der Waals surface area contributed by atoms with Gasteiger partial charge in [-0.15, -0.1) is 0 Å². The van der Waals surface area contributed by atoms with Crippen LogP contribution in [0.5, 0.6) is 5.75 Å². The molecule has 2 aromatic carbocycles. The molecule has 0 radical (unpaired) electrons. The Hall–Kier alpha value is -2.09. The molecule has 18 heavy (non-hydrogen) atoms. The monoisotopic (exact) mass is 240 g/mol. The van der Waals surface area contributed by atoms with Crippen LogP contribution >= 0.6 is 0 Å². The maximum atomic E-state index is 11.0. The van der Waals surface area contributed by atoms with E-state index < -0.39 is 0 Å². The lowest BCUT2D eigenvalue weighted by molar-refractivity contribution is 0.111. The van der Waals surface area contributed by atoms with Crippen LogP contribution in [0.2, 0.25) is 0 Å². The summed E-state index contributed by atoms with van der Waals surface area (Å²) in [6, 6.07) is 17.2. The van der Waals surface area contributed by atoms with Crippen LogP contribution in [0.4, 0.5) is 0 Å². The second-order valence-corrected chi connectivity index (χ2v) is 4.07. The Bertz CT molecular complexity index is 506. The van der Waals surface area contributed by atoms with Crippen LogP contribution in [0.3, 0.4) is 0 Å². The van der Waals surface area contributed by atoms with Gasteiger partial charge in [0, 0.05) is 11.1 Å². The van der Waals surface area contributed by atoms with Crippen LogP contribution in [-0.2, 0) is 0 Å². The molecule has 1 atom stereocenters. The first kappa shape index (κ1) is 12.4. The Kier molecular flexibility index (Phi) is 4.13. The van der Waals surface area contributed by atoms with Crippen molar-refractivity contribution >= 4 is 6.29 Å². The summed E-state index contributed by atoms with van der Waals surface area (Å²) >= 11 is 0. The van der Waals surface area contributed by atoms with Crippen molar-refractivity contribution in [3.63, 3.8) is 0 Å². The molecule has 0 bridgehead atoms. The molecular weight excluding hydrogens is 224 g/mol. The fourth-order valence-electron chi connectivity index (χ4n) is 1.94. The molecule has 2 aromatic rings. The molecule has 0 spiro atoms. The lowest BCUT2D eigenvalue weighted by Crippen LogP contribution is -2.09. The molecule has 2 rings (SSSR count). The van der Waals surface area contributed by atoms with E-state index in [1.807, 2.05) is 54.6 Å². The predicted octanol–water partition coefficient (Wildman–Crippen LogP) is 4.03. The third-order valence-electron chi connectivity index (χ3n) is 2.86. The first-order valence-corrected chi connectivity index (χ1v) is 6.11. The van der Waals surface area contributed by atoms with Crippen LogP contribution in [0, 0.1) is 0 Å². The van der Waals surface area contributed by atoms with Gasteiger partial charge in [0.25, 0.3) is 0 Å². The number of ether oxygens (including phenoxy) is 1. The molecule has 2 nitrogen and oxygen atoms in total. The van der Waals surface area contributed by atoms with Crippen LogP contribution in [0.25, 0.3) is 0 Å². The van der Waals surface area contributed by atoms with Gasteiger partial charge in [-0.1, -0.05) is 49.4 Å². The number of carbonyl (C=O) groups is 1. The average Bonchev–Trinajstić information content (AvgIpc) is 2.46. The third kappa shape index (κ3) is 2.77. The number of para-hydroxylation sites is 1. The van der Waals surface area contributed by atoms with Crippen molar-refractivity contribution < 1.29 is 9.53 Å². The van der Waals surface area contributed by atoms with Gasteiger partial charge in [-0.25, -0.2) is 0 Å². The summed E-state index contributed by atoms with van der Waals surface area (Å²) in [4.78, 5) is 11.0. The predicted molar refractivity (Wildman–Crippen MR) is 71.9 cm³/mol. The summed E-state index contributed by atoms with van der Waals surface area (Å²) in [5.41, 5.74) is 1.64. The summed E-state index contributed by atoms with van der Waals surface area (Å²) < 4.78 is 5.93. The summed E-state index contributed by atoms with van der Waals surface area (Å²) in [5, 5.41) is 0. The molecule has 0 fully saturated rings. The molecule has 0 aliphatic rings. The van der Waals surface area contributed by atoms with Gasteiger partial charge in [0.05, 0.1) is 0 Å². The van der Waals surface area contributed by atoms with Gasteiger partial charge in [0.1, 0.15) is 18.1 Å². The van der Waals surface area contributed by atoms with Gasteiger partial charge < -0.3 is 4.74 Å². The molecule has 0 amide bonds. The van der Waals surface area contributed by atoms with E-state index in [0.29, 0.717) is 5.56 Å². The minimum atomic E-state index is -0.0891. The number of rotatable bonds is 5. The first-order chi connectivity index (χ1) is 8.85.